The first-order valence-electron chi connectivity index (χ1n) is 19.0. The van der Waals surface area contributed by atoms with Crippen molar-refractivity contribution >= 4 is 21.8 Å². The van der Waals surface area contributed by atoms with Gasteiger partial charge in [-0.2, -0.15) is 0 Å². The van der Waals surface area contributed by atoms with Crippen LogP contribution in [0.25, 0.3) is 95.8 Å². The van der Waals surface area contributed by atoms with Crippen LogP contribution in [-0.4, -0.2) is 34.5 Å². The lowest BCUT2D eigenvalue weighted by molar-refractivity contribution is 1.06. The van der Waals surface area contributed by atoms with Crippen molar-refractivity contribution in [1.82, 2.24) is 34.5 Å². The lowest BCUT2D eigenvalue weighted by Crippen LogP contribution is -2.05. The average molecular weight is 734 g/mol. The summed E-state index contributed by atoms with van der Waals surface area (Å²) >= 11 is 0. The summed E-state index contributed by atoms with van der Waals surface area (Å²) in [7, 11) is 0. The van der Waals surface area contributed by atoms with Crippen molar-refractivity contribution in [2.24, 2.45) is 0 Å². The highest BCUT2D eigenvalue weighted by atomic mass is 15.1. The standard InChI is InChI=1S/C50H35N7/c1-32-23-26-39-40-27-24-33(2)30-44(40)57(43(39)29-32)42-28-25-38(49-53-45(34-15-7-3-8-16-34)51-46(54-49)35-17-9-4-10-18-35)31-41(42)50-55-47(36-19-11-5-12-20-36)52-48(56-50)37-21-13-6-14-22-37/h3-31H,1-2H3. The van der Waals surface area contributed by atoms with Crippen LogP contribution in [0.15, 0.2) is 176 Å². The molecule has 0 saturated carbocycles. The molecule has 10 aromatic rings. The van der Waals surface area contributed by atoms with Crippen LogP contribution in [0.5, 0.6) is 0 Å². The molecular weight excluding hydrogens is 699 g/mol. The molecule has 0 aliphatic carbocycles. The Morgan fingerprint density at radius 3 is 1.05 bits per heavy atom. The van der Waals surface area contributed by atoms with Gasteiger partial charge in [0.25, 0.3) is 0 Å². The molecule has 0 aliphatic rings. The maximum absolute atomic E-state index is 5.24. The van der Waals surface area contributed by atoms with E-state index in [1.54, 1.807) is 0 Å². The molecular formula is C50H35N7. The van der Waals surface area contributed by atoms with E-state index in [-0.39, 0.29) is 0 Å². The van der Waals surface area contributed by atoms with Crippen molar-refractivity contribution in [1.29, 1.82) is 0 Å². The Labute approximate surface area is 330 Å². The number of hydrogen-bond donors (Lipinski definition) is 0. The monoisotopic (exact) mass is 733 g/mol. The van der Waals surface area contributed by atoms with Crippen molar-refractivity contribution in [3.8, 4) is 74.0 Å². The smallest absolute Gasteiger partial charge is 0.166 e. The van der Waals surface area contributed by atoms with Crippen molar-refractivity contribution in [3.63, 3.8) is 0 Å². The molecule has 0 unspecified atom stereocenters. The van der Waals surface area contributed by atoms with E-state index in [0.717, 1.165) is 50.1 Å². The number of hydrogen-bond acceptors (Lipinski definition) is 6. The predicted octanol–water partition coefficient (Wildman–Crippen LogP) is 11.8. The van der Waals surface area contributed by atoms with Crippen LogP contribution in [0, 0.1) is 13.8 Å². The summed E-state index contributed by atoms with van der Waals surface area (Å²) in [6.07, 6.45) is 0. The minimum absolute atomic E-state index is 0.537. The molecule has 57 heavy (non-hydrogen) atoms. The molecule has 0 bridgehead atoms. The van der Waals surface area contributed by atoms with Crippen LogP contribution in [0.2, 0.25) is 0 Å². The predicted molar refractivity (Wildman–Crippen MR) is 230 cm³/mol. The van der Waals surface area contributed by atoms with Gasteiger partial charge in [-0.15, -0.1) is 0 Å². The van der Waals surface area contributed by atoms with Gasteiger partial charge in [-0.25, -0.2) is 29.9 Å². The average Bonchev–Trinajstić information content (AvgIpc) is 3.59. The maximum Gasteiger partial charge on any atom is 0.166 e. The van der Waals surface area contributed by atoms with E-state index in [4.69, 9.17) is 29.9 Å². The van der Waals surface area contributed by atoms with Gasteiger partial charge in [0, 0.05) is 44.2 Å². The summed E-state index contributed by atoms with van der Waals surface area (Å²) in [5.41, 5.74) is 10.7. The fraction of sp³-hybridized carbons (Fsp3) is 0.0400. The van der Waals surface area contributed by atoms with Crippen LogP contribution in [0.4, 0.5) is 0 Å². The quantitative estimate of drug-likeness (QED) is 0.162. The summed E-state index contributed by atoms with van der Waals surface area (Å²) in [5.74, 6) is 3.44. The highest BCUT2D eigenvalue weighted by molar-refractivity contribution is 6.10. The Morgan fingerprint density at radius 2 is 0.667 bits per heavy atom. The van der Waals surface area contributed by atoms with Gasteiger partial charge in [-0.05, 0) is 55.3 Å². The van der Waals surface area contributed by atoms with E-state index >= 15 is 0 Å². The number of benzene rings is 7. The van der Waals surface area contributed by atoms with Crippen LogP contribution in [0.1, 0.15) is 11.1 Å². The topological polar surface area (TPSA) is 82.3 Å². The van der Waals surface area contributed by atoms with Gasteiger partial charge in [0.05, 0.1) is 16.7 Å². The van der Waals surface area contributed by atoms with E-state index in [1.165, 1.54) is 21.9 Å². The lowest BCUT2D eigenvalue weighted by Gasteiger charge is -2.16. The highest BCUT2D eigenvalue weighted by Gasteiger charge is 2.22. The van der Waals surface area contributed by atoms with Gasteiger partial charge < -0.3 is 4.57 Å². The second-order valence-corrected chi connectivity index (χ2v) is 14.2. The lowest BCUT2D eigenvalue weighted by atomic mass is 10.1. The molecule has 10 rings (SSSR count). The van der Waals surface area contributed by atoms with Gasteiger partial charge in [0.2, 0.25) is 0 Å². The van der Waals surface area contributed by atoms with Crippen molar-refractivity contribution in [3.05, 3.63) is 187 Å². The first-order valence-corrected chi connectivity index (χ1v) is 19.0. The minimum atomic E-state index is 0.537. The van der Waals surface area contributed by atoms with E-state index in [2.05, 4.69) is 73.0 Å². The molecule has 0 radical (unpaired) electrons. The van der Waals surface area contributed by atoms with E-state index in [9.17, 15) is 0 Å². The van der Waals surface area contributed by atoms with Gasteiger partial charge >= 0.3 is 0 Å². The zero-order chi connectivity index (χ0) is 38.3. The Hall–Kier alpha value is -7.64. The third-order valence-corrected chi connectivity index (χ3v) is 10.2. The van der Waals surface area contributed by atoms with E-state index < -0.39 is 0 Å². The zero-order valence-electron chi connectivity index (χ0n) is 31.4. The Morgan fingerprint density at radius 1 is 0.316 bits per heavy atom. The largest absolute Gasteiger partial charge is 0.308 e. The van der Waals surface area contributed by atoms with Crippen molar-refractivity contribution < 1.29 is 0 Å². The van der Waals surface area contributed by atoms with Gasteiger partial charge in [-0.1, -0.05) is 146 Å². The SMILES string of the molecule is Cc1ccc2c3ccc(C)cc3n(-c3ccc(-c4nc(-c5ccccc5)nc(-c5ccccc5)n4)cc3-c3nc(-c4ccccc4)nc(-c4ccccc4)n3)c2c1. The Bertz CT molecular complexity index is 2900. The number of rotatable bonds is 7. The number of aromatic nitrogens is 7. The molecule has 0 saturated heterocycles. The first kappa shape index (κ1) is 33.9. The molecule has 270 valence electrons. The van der Waals surface area contributed by atoms with Crippen LogP contribution >= 0.6 is 0 Å². The number of fused-ring (bicyclic) bond motifs is 3. The molecule has 0 amide bonds. The molecule has 7 nitrogen and oxygen atoms in total. The van der Waals surface area contributed by atoms with Crippen LogP contribution in [0.3, 0.4) is 0 Å². The number of aryl methyl sites for hydroxylation is 2. The molecule has 0 spiro atoms. The van der Waals surface area contributed by atoms with E-state index in [1.807, 2.05) is 121 Å². The molecule has 7 heteroatoms. The minimum Gasteiger partial charge on any atom is -0.308 e. The summed E-state index contributed by atoms with van der Waals surface area (Å²) in [4.78, 5) is 30.7. The summed E-state index contributed by atoms with van der Waals surface area (Å²) in [6, 6.07) is 59.9. The molecule has 0 N–H and O–H groups in total. The first-order chi connectivity index (χ1) is 28.1. The third kappa shape index (κ3) is 6.41. The Kier molecular flexibility index (Phi) is 8.45. The molecule has 0 fully saturated rings. The normalized spacial score (nSPS) is 11.3. The number of nitrogens with zero attached hydrogens (tertiary/aromatic N) is 7. The molecule has 0 atom stereocenters. The van der Waals surface area contributed by atoms with Gasteiger partial charge in [0.1, 0.15) is 0 Å². The second-order valence-electron chi connectivity index (χ2n) is 14.2. The second kappa shape index (κ2) is 14.2. The van der Waals surface area contributed by atoms with Crippen molar-refractivity contribution in [2.45, 2.75) is 13.8 Å². The zero-order valence-corrected chi connectivity index (χ0v) is 31.4. The molecule has 0 aliphatic heterocycles. The van der Waals surface area contributed by atoms with Crippen LogP contribution in [-0.2, 0) is 0 Å². The summed E-state index contributed by atoms with van der Waals surface area (Å²) in [5, 5.41) is 2.35. The molecule has 3 aromatic heterocycles. The Balaban J connectivity index is 1.28. The molecule has 3 heterocycles. The fourth-order valence-corrected chi connectivity index (χ4v) is 7.41. The van der Waals surface area contributed by atoms with Gasteiger partial charge in [-0.3, -0.25) is 0 Å². The maximum atomic E-state index is 5.24. The van der Waals surface area contributed by atoms with Crippen LogP contribution < -0.4 is 0 Å². The summed E-state index contributed by atoms with van der Waals surface area (Å²) < 4.78 is 2.34. The fourth-order valence-electron chi connectivity index (χ4n) is 7.41. The highest BCUT2D eigenvalue weighted by Crippen LogP contribution is 2.39. The molecule has 7 aromatic carbocycles. The van der Waals surface area contributed by atoms with Gasteiger partial charge in [0.15, 0.2) is 34.9 Å². The van der Waals surface area contributed by atoms with Crippen molar-refractivity contribution in [2.75, 3.05) is 0 Å². The van der Waals surface area contributed by atoms with E-state index in [0.29, 0.717) is 34.9 Å². The summed E-state index contributed by atoms with van der Waals surface area (Å²) in [6.45, 7) is 4.27. The third-order valence-electron chi connectivity index (χ3n) is 10.2.